The maximum absolute atomic E-state index is 15.1. The van der Waals surface area contributed by atoms with Gasteiger partial charge in [-0.05, 0) is 42.3 Å². The van der Waals surface area contributed by atoms with Crippen LogP contribution in [0, 0.1) is 6.92 Å². The lowest BCUT2D eigenvalue weighted by atomic mass is 9.82. The van der Waals surface area contributed by atoms with Gasteiger partial charge in [-0.25, -0.2) is 23.1 Å². The normalized spacial score (nSPS) is 19.6. The Morgan fingerprint density at radius 2 is 2.03 bits per heavy atom. The topological polar surface area (TPSA) is 82.5 Å². The molecule has 4 heterocycles. The number of halogens is 2. The van der Waals surface area contributed by atoms with Crippen LogP contribution >= 0.6 is 0 Å². The van der Waals surface area contributed by atoms with Gasteiger partial charge in [0.05, 0.1) is 28.9 Å². The molecule has 4 aromatic rings. The van der Waals surface area contributed by atoms with E-state index < -0.39 is 23.6 Å². The molecule has 0 saturated carbocycles. The lowest BCUT2D eigenvalue weighted by Gasteiger charge is -2.39. The highest BCUT2D eigenvalue weighted by Crippen LogP contribution is 2.43. The molecule has 0 radical (unpaired) electrons. The van der Waals surface area contributed by atoms with Crippen molar-refractivity contribution in [3.05, 3.63) is 81.1 Å². The molecule has 2 aromatic heterocycles. The summed E-state index contributed by atoms with van der Waals surface area (Å²) in [6.45, 7) is 2.86. The molecule has 36 heavy (non-hydrogen) atoms. The van der Waals surface area contributed by atoms with Crippen LogP contribution in [0.5, 0.6) is 0 Å². The van der Waals surface area contributed by atoms with Crippen molar-refractivity contribution in [2.24, 2.45) is 7.05 Å². The summed E-state index contributed by atoms with van der Waals surface area (Å²) in [6, 6.07) is 8.62. The first-order valence-electron chi connectivity index (χ1n) is 11.7. The Balaban J connectivity index is 1.23. The zero-order chi connectivity index (χ0) is 25.2. The Bertz CT molecular complexity index is 1570. The van der Waals surface area contributed by atoms with Crippen molar-refractivity contribution in [3.8, 4) is 5.69 Å². The average Bonchev–Trinajstić information content (AvgIpc) is 3.54. The molecule has 8 nitrogen and oxygen atoms in total. The number of aromatic nitrogens is 3. The summed E-state index contributed by atoms with van der Waals surface area (Å²) < 4.78 is 43.6. The number of rotatable bonds is 4. The van der Waals surface area contributed by atoms with Gasteiger partial charge >= 0.3 is 11.7 Å². The van der Waals surface area contributed by atoms with E-state index in [-0.39, 0.29) is 26.1 Å². The van der Waals surface area contributed by atoms with Crippen molar-refractivity contribution in [1.29, 1.82) is 0 Å². The third-order valence-electron chi connectivity index (χ3n) is 7.38. The largest absolute Gasteiger partial charge is 0.457 e. The van der Waals surface area contributed by atoms with Crippen molar-refractivity contribution < 1.29 is 22.7 Å². The average molecular weight is 494 g/mol. The number of carbonyl (C=O) groups is 1. The van der Waals surface area contributed by atoms with Gasteiger partial charge in [-0.2, -0.15) is 5.10 Å². The van der Waals surface area contributed by atoms with Crippen LogP contribution in [0.3, 0.4) is 0 Å². The molecule has 2 aliphatic rings. The van der Waals surface area contributed by atoms with Crippen molar-refractivity contribution >= 4 is 17.1 Å². The zero-order valence-corrected chi connectivity index (χ0v) is 19.8. The second-order valence-corrected chi connectivity index (χ2v) is 9.55. The molecule has 0 bridgehead atoms. The first kappa shape index (κ1) is 22.7. The van der Waals surface area contributed by atoms with E-state index in [0.717, 1.165) is 11.3 Å². The minimum atomic E-state index is -2.85. The lowest BCUT2D eigenvalue weighted by molar-refractivity contribution is -0.0774. The molecular weight excluding hydrogens is 470 g/mol. The third-order valence-corrected chi connectivity index (χ3v) is 7.38. The molecule has 1 fully saturated rings. The Morgan fingerprint density at radius 1 is 1.19 bits per heavy atom. The molecule has 186 valence electrons. The van der Waals surface area contributed by atoms with Crippen LogP contribution < -0.4 is 5.76 Å². The molecule has 0 spiro atoms. The van der Waals surface area contributed by atoms with Crippen LogP contribution in [0.2, 0.25) is 0 Å². The molecule has 1 unspecified atom stereocenters. The van der Waals surface area contributed by atoms with Gasteiger partial charge in [-0.3, -0.25) is 9.47 Å². The Kier molecular flexibility index (Phi) is 5.11. The number of piperidine rings is 1. The molecular formula is C26H24F2N4O4. The standard InChI is InChI=1S/C26H24F2N4O4/c1-15-18(4-5-19-20(15)14-35-24(19)33)21-13-31(8-7-26(21,27)28)11-16-10-29-32(12-16)17-3-6-23-22(9-17)30(2)25(34)36-23/h3-6,9-10,12,21H,7-8,11,13-14H2,1-2H3. The van der Waals surface area contributed by atoms with Gasteiger partial charge in [0.1, 0.15) is 6.61 Å². The molecule has 2 aromatic carbocycles. The van der Waals surface area contributed by atoms with E-state index in [1.165, 1.54) is 4.57 Å². The summed E-state index contributed by atoms with van der Waals surface area (Å²) in [4.78, 5) is 25.7. The quantitative estimate of drug-likeness (QED) is 0.400. The summed E-state index contributed by atoms with van der Waals surface area (Å²) in [7, 11) is 1.64. The van der Waals surface area contributed by atoms with Crippen molar-refractivity contribution in [1.82, 2.24) is 19.2 Å². The smallest absolute Gasteiger partial charge is 0.419 e. The first-order valence-corrected chi connectivity index (χ1v) is 11.7. The van der Waals surface area contributed by atoms with E-state index in [9.17, 15) is 9.59 Å². The zero-order valence-electron chi connectivity index (χ0n) is 19.8. The van der Waals surface area contributed by atoms with E-state index in [1.54, 1.807) is 43.0 Å². The monoisotopic (exact) mass is 494 g/mol. The predicted molar refractivity (Wildman–Crippen MR) is 126 cm³/mol. The van der Waals surface area contributed by atoms with Crippen molar-refractivity contribution in [2.45, 2.75) is 38.3 Å². The number of oxazole rings is 1. The summed E-state index contributed by atoms with van der Waals surface area (Å²) in [5.41, 5.74) is 5.26. The Labute approximate surface area is 204 Å². The Morgan fingerprint density at radius 3 is 2.86 bits per heavy atom. The summed E-state index contributed by atoms with van der Waals surface area (Å²) in [5.74, 6) is -4.66. The van der Waals surface area contributed by atoms with Gasteiger partial charge < -0.3 is 9.15 Å². The van der Waals surface area contributed by atoms with E-state index in [2.05, 4.69) is 5.10 Å². The number of hydrogen-bond donors (Lipinski definition) is 0. The van der Waals surface area contributed by atoms with Gasteiger partial charge in [0.15, 0.2) is 5.58 Å². The number of carbonyl (C=O) groups excluding carboxylic acids is 1. The summed E-state index contributed by atoms with van der Waals surface area (Å²) >= 11 is 0. The molecule has 2 aliphatic heterocycles. The predicted octanol–water partition coefficient (Wildman–Crippen LogP) is 3.92. The van der Waals surface area contributed by atoms with Crippen LogP contribution in [-0.4, -0.2) is 44.2 Å². The second-order valence-electron chi connectivity index (χ2n) is 9.55. The van der Waals surface area contributed by atoms with Gasteiger partial charge in [-0.15, -0.1) is 0 Å². The van der Waals surface area contributed by atoms with Gasteiger partial charge in [-0.1, -0.05) is 6.07 Å². The number of fused-ring (bicyclic) bond motifs is 2. The number of alkyl halides is 2. The lowest BCUT2D eigenvalue weighted by Crippen LogP contribution is -2.45. The summed E-state index contributed by atoms with van der Waals surface area (Å²) in [6.07, 6.45) is 3.34. The van der Waals surface area contributed by atoms with Crippen LogP contribution in [0.25, 0.3) is 16.8 Å². The van der Waals surface area contributed by atoms with Crippen LogP contribution in [0.4, 0.5) is 8.78 Å². The fraction of sp³-hybridized carbons (Fsp3) is 0.346. The number of esters is 1. The van der Waals surface area contributed by atoms with Gasteiger partial charge in [0, 0.05) is 50.4 Å². The van der Waals surface area contributed by atoms with Gasteiger partial charge in [0.2, 0.25) is 0 Å². The molecule has 0 amide bonds. The fourth-order valence-corrected chi connectivity index (χ4v) is 5.28. The van der Waals surface area contributed by atoms with E-state index >= 15 is 8.78 Å². The molecule has 1 saturated heterocycles. The van der Waals surface area contributed by atoms with Gasteiger partial charge in [0.25, 0.3) is 5.92 Å². The number of likely N-dealkylation sites (tertiary alicyclic amines) is 1. The second kappa shape index (κ2) is 8.12. The number of ether oxygens (including phenoxy) is 1. The molecule has 0 aliphatic carbocycles. The SMILES string of the molecule is Cc1c(C2CN(Cc3cnn(-c4ccc5oc(=O)n(C)c5c4)c3)CCC2(F)F)ccc2c1COC2=O. The number of aryl methyl sites for hydroxylation is 1. The highest BCUT2D eigenvalue weighted by atomic mass is 19.3. The molecule has 10 heteroatoms. The fourth-order valence-electron chi connectivity index (χ4n) is 5.28. The number of benzene rings is 2. The highest BCUT2D eigenvalue weighted by molar-refractivity contribution is 5.94. The highest BCUT2D eigenvalue weighted by Gasteiger charge is 2.46. The van der Waals surface area contributed by atoms with Crippen LogP contribution in [-0.2, 0) is 24.9 Å². The first-order chi connectivity index (χ1) is 17.2. The Hall–Kier alpha value is -3.79. The number of cyclic esters (lactones) is 1. The maximum Gasteiger partial charge on any atom is 0.419 e. The minimum absolute atomic E-state index is 0.133. The van der Waals surface area contributed by atoms with Crippen LogP contribution in [0.1, 0.15) is 45.0 Å². The van der Waals surface area contributed by atoms with E-state index in [4.69, 9.17) is 9.15 Å². The number of hydrogen-bond acceptors (Lipinski definition) is 6. The van der Waals surface area contributed by atoms with Crippen LogP contribution in [0.15, 0.2) is 51.9 Å². The van der Waals surface area contributed by atoms with Crippen molar-refractivity contribution in [2.75, 3.05) is 13.1 Å². The molecule has 0 N–H and O–H groups in total. The molecule has 1 atom stereocenters. The molecule has 6 rings (SSSR count). The van der Waals surface area contributed by atoms with E-state index in [1.807, 2.05) is 23.2 Å². The maximum atomic E-state index is 15.1. The number of nitrogens with zero attached hydrogens (tertiary/aromatic N) is 4. The van der Waals surface area contributed by atoms with Crippen molar-refractivity contribution in [3.63, 3.8) is 0 Å². The van der Waals surface area contributed by atoms with E-state index in [0.29, 0.717) is 39.9 Å². The summed E-state index contributed by atoms with van der Waals surface area (Å²) in [5, 5.41) is 4.44. The minimum Gasteiger partial charge on any atom is -0.457 e. The third kappa shape index (κ3) is 3.63.